The van der Waals surface area contributed by atoms with Crippen LogP contribution in [-0.2, 0) is 0 Å². The minimum Gasteiger partial charge on any atom is -0.493 e. The molecule has 0 bridgehead atoms. The first kappa shape index (κ1) is 13.1. The molecule has 1 heterocycles. The second kappa shape index (κ2) is 5.52. The van der Waals surface area contributed by atoms with Crippen LogP contribution in [0.25, 0.3) is 0 Å². The number of nitrogens with two attached hydrogens (primary N) is 1. The van der Waals surface area contributed by atoms with Crippen molar-refractivity contribution in [1.29, 1.82) is 0 Å². The number of pyridine rings is 1. The number of aryl methyl sites for hydroxylation is 1. The van der Waals surface area contributed by atoms with Gasteiger partial charge in [0.15, 0.2) is 5.78 Å². The number of nitrogen functional groups attached to an aromatic ring is 1. The molecule has 0 saturated heterocycles. The molecule has 0 amide bonds. The summed E-state index contributed by atoms with van der Waals surface area (Å²) in [5.74, 6) is 0.635. The maximum Gasteiger partial charge on any atom is 0.200 e. The lowest BCUT2D eigenvalue weighted by Gasteiger charge is -2.10. The van der Waals surface area contributed by atoms with Crippen molar-refractivity contribution >= 4 is 11.6 Å². The molecular weight excluding hydrogens is 240 g/mol. The van der Waals surface area contributed by atoms with E-state index in [9.17, 15) is 4.79 Å². The molecular formula is C15H16N2O2. The van der Waals surface area contributed by atoms with Crippen LogP contribution in [0.1, 0.15) is 28.4 Å². The van der Waals surface area contributed by atoms with Gasteiger partial charge in [0.25, 0.3) is 0 Å². The molecule has 4 heteroatoms. The Morgan fingerprint density at radius 3 is 2.79 bits per heavy atom. The number of nitrogens with zero attached hydrogens (tertiary/aromatic N) is 1. The molecule has 0 unspecified atom stereocenters. The Bertz CT molecular complexity index is 609. The Hall–Kier alpha value is -2.36. The highest BCUT2D eigenvalue weighted by molar-refractivity contribution is 6.13. The number of carbonyl (C=O) groups excluding carboxylic acids is 1. The molecule has 0 atom stereocenters. The maximum absolute atomic E-state index is 12.5. The molecule has 0 aliphatic heterocycles. The number of ether oxygens (including phenoxy) is 1. The van der Waals surface area contributed by atoms with Crippen LogP contribution in [0, 0.1) is 6.92 Å². The molecule has 0 fully saturated rings. The normalized spacial score (nSPS) is 10.2. The quantitative estimate of drug-likeness (QED) is 0.854. The number of rotatable bonds is 4. The number of benzene rings is 1. The zero-order chi connectivity index (χ0) is 13.8. The first-order valence-electron chi connectivity index (χ1n) is 6.12. The van der Waals surface area contributed by atoms with Gasteiger partial charge in [0.1, 0.15) is 11.6 Å². The summed E-state index contributed by atoms with van der Waals surface area (Å²) < 4.78 is 5.47. The van der Waals surface area contributed by atoms with Crippen LogP contribution in [0.2, 0.25) is 0 Å². The summed E-state index contributed by atoms with van der Waals surface area (Å²) in [6, 6.07) is 8.88. The van der Waals surface area contributed by atoms with Crippen LogP contribution in [0.15, 0.2) is 36.5 Å². The van der Waals surface area contributed by atoms with Gasteiger partial charge in [-0.3, -0.25) is 4.79 Å². The van der Waals surface area contributed by atoms with Gasteiger partial charge >= 0.3 is 0 Å². The van der Waals surface area contributed by atoms with Crippen LogP contribution in [-0.4, -0.2) is 17.4 Å². The molecule has 2 N–H and O–H groups in total. The van der Waals surface area contributed by atoms with Crippen molar-refractivity contribution < 1.29 is 9.53 Å². The molecule has 98 valence electrons. The molecule has 2 rings (SSSR count). The van der Waals surface area contributed by atoms with E-state index in [1.807, 2.05) is 19.9 Å². The number of aromatic nitrogens is 1. The monoisotopic (exact) mass is 256 g/mol. The number of carbonyl (C=O) groups is 1. The Morgan fingerprint density at radius 2 is 2.05 bits per heavy atom. The largest absolute Gasteiger partial charge is 0.493 e. The first-order chi connectivity index (χ1) is 9.13. The van der Waals surface area contributed by atoms with Crippen molar-refractivity contribution in [2.24, 2.45) is 0 Å². The highest BCUT2D eigenvalue weighted by Crippen LogP contribution is 2.23. The number of hydrogen-bond acceptors (Lipinski definition) is 4. The van der Waals surface area contributed by atoms with Crippen molar-refractivity contribution in [1.82, 2.24) is 4.98 Å². The summed E-state index contributed by atoms with van der Waals surface area (Å²) in [5, 5.41) is 0. The fourth-order valence-corrected chi connectivity index (χ4v) is 1.84. The topological polar surface area (TPSA) is 65.2 Å². The lowest BCUT2D eigenvalue weighted by molar-refractivity contribution is 0.103. The van der Waals surface area contributed by atoms with Gasteiger partial charge in [-0.05, 0) is 37.6 Å². The summed E-state index contributed by atoms with van der Waals surface area (Å²) in [5.41, 5.74) is 7.59. The van der Waals surface area contributed by atoms with Crippen LogP contribution >= 0.6 is 0 Å². The van der Waals surface area contributed by atoms with Gasteiger partial charge in [0.2, 0.25) is 0 Å². The zero-order valence-electron chi connectivity index (χ0n) is 11.0. The van der Waals surface area contributed by atoms with Crippen molar-refractivity contribution in [3.8, 4) is 5.75 Å². The van der Waals surface area contributed by atoms with Gasteiger partial charge in [-0.2, -0.15) is 0 Å². The molecule has 19 heavy (non-hydrogen) atoms. The van der Waals surface area contributed by atoms with Gasteiger partial charge in [0, 0.05) is 6.20 Å². The zero-order valence-corrected chi connectivity index (χ0v) is 11.0. The third kappa shape index (κ3) is 2.73. The smallest absolute Gasteiger partial charge is 0.200 e. The molecule has 1 aromatic heterocycles. The molecule has 0 radical (unpaired) electrons. The molecule has 0 aliphatic rings. The summed E-state index contributed by atoms with van der Waals surface area (Å²) in [6.45, 7) is 4.26. The number of hydrogen-bond donors (Lipinski definition) is 1. The molecule has 0 spiro atoms. The van der Waals surface area contributed by atoms with Gasteiger partial charge in [-0.15, -0.1) is 0 Å². The Labute approximate surface area is 112 Å². The van der Waals surface area contributed by atoms with E-state index >= 15 is 0 Å². The predicted molar refractivity (Wildman–Crippen MR) is 74.4 cm³/mol. The lowest BCUT2D eigenvalue weighted by atomic mass is 10.0. The van der Waals surface area contributed by atoms with E-state index in [4.69, 9.17) is 10.5 Å². The summed E-state index contributed by atoms with van der Waals surface area (Å²) in [6.07, 6.45) is 1.64. The van der Waals surface area contributed by atoms with Crippen molar-refractivity contribution in [3.63, 3.8) is 0 Å². The Morgan fingerprint density at radius 1 is 1.32 bits per heavy atom. The van der Waals surface area contributed by atoms with Gasteiger partial charge in [0.05, 0.1) is 17.7 Å². The van der Waals surface area contributed by atoms with Crippen LogP contribution in [0.5, 0.6) is 5.75 Å². The average molecular weight is 256 g/mol. The SMILES string of the molecule is CCOc1ccccc1C(=O)c1cc(C)cnc1N. The van der Waals surface area contributed by atoms with Gasteiger partial charge in [-0.25, -0.2) is 4.98 Å². The standard InChI is InChI=1S/C15H16N2O2/c1-3-19-13-7-5-4-6-11(13)14(18)12-8-10(2)9-17-15(12)16/h4-9H,3H2,1-2H3,(H2,16,17). The summed E-state index contributed by atoms with van der Waals surface area (Å²) in [4.78, 5) is 16.5. The minimum atomic E-state index is -0.169. The van der Waals surface area contributed by atoms with E-state index in [1.165, 1.54) is 0 Å². The van der Waals surface area contributed by atoms with E-state index in [-0.39, 0.29) is 11.6 Å². The molecule has 0 aliphatic carbocycles. The summed E-state index contributed by atoms with van der Waals surface area (Å²) >= 11 is 0. The third-order valence-electron chi connectivity index (χ3n) is 2.73. The number of anilines is 1. The third-order valence-corrected chi connectivity index (χ3v) is 2.73. The van der Waals surface area contributed by atoms with E-state index in [0.29, 0.717) is 23.5 Å². The Balaban J connectivity index is 2.47. The molecule has 4 nitrogen and oxygen atoms in total. The van der Waals surface area contributed by atoms with Crippen LogP contribution < -0.4 is 10.5 Å². The highest BCUT2D eigenvalue weighted by atomic mass is 16.5. The molecule has 0 saturated carbocycles. The highest BCUT2D eigenvalue weighted by Gasteiger charge is 2.17. The first-order valence-corrected chi connectivity index (χ1v) is 6.12. The van der Waals surface area contributed by atoms with Crippen molar-refractivity contribution in [2.75, 3.05) is 12.3 Å². The maximum atomic E-state index is 12.5. The van der Waals surface area contributed by atoms with E-state index in [1.54, 1.807) is 30.5 Å². The predicted octanol–water partition coefficient (Wildman–Crippen LogP) is 2.60. The molecule has 2 aromatic rings. The van der Waals surface area contributed by atoms with E-state index in [0.717, 1.165) is 5.56 Å². The number of para-hydroxylation sites is 1. The number of ketones is 1. The van der Waals surface area contributed by atoms with E-state index < -0.39 is 0 Å². The molecule has 1 aromatic carbocycles. The lowest BCUT2D eigenvalue weighted by Crippen LogP contribution is -2.09. The Kier molecular flexibility index (Phi) is 3.80. The van der Waals surface area contributed by atoms with Crippen LogP contribution in [0.3, 0.4) is 0 Å². The second-order valence-electron chi connectivity index (χ2n) is 4.20. The van der Waals surface area contributed by atoms with Crippen molar-refractivity contribution in [3.05, 3.63) is 53.2 Å². The van der Waals surface area contributed by atoms with Gasteiger partial charge in [-0.1, -0.05) is 12.1 Å². The fraction of sp³-hybridized carbons (Fsp3) is 0.200. The van der Waals surface area contributed by atoms with Crippen molar-refractivity contribution in [2.45, 2.75) is 13.8 Å². The van der Waals surface area contributed by atoms with E-state index in [2.05, 4.69) is 4.98 Å². The van der Waals surface area contributed by atoms with Crippen LogP contribution in [0.4, 0.5) is 5.82 Å². The summed E-state index contributed by atoms with van der Waals surface area (Å²) in [7, 11) is 0. The fourth-order valence-electron chi connectivity index (χ4n) is 1.84. The minimum absolute atomic E-state index is 0.169. The second-order valence-corrected chi connectivity index (χ2v) is 4.20. The van der Waals surface area contributed by atoms with Gasteiger partial charge < -0.3 is 10.5 Å². The average Bonchev–Trinajstić information content (AvgIpc) is 2.42.